The molecular formula is C13H14F3NO4. The first-order chi connectivity index (χ1) is 9.76. The molecule has 0 atom stereocenters. The van der Waals surface area contributed by atoms with Gasteiger partial charge in [-0.3, -0.25) is 9.59 Å². The molecule has 0 unspecified atom stereocenters. The van der Waals surface area contributed by atoms with Crippen LogP contribution in [0.15, 0.2) is 18.2 Å². The summed E-state index contributed by atoms with van der Waals surface area (Å²) in [4.78, 5) is 22.5. The molecule has 0 bridgehead atoms. The standard InChI is InChI=1S/C13H14F3NO4/c1-3-10(18)12(19)17-7-8-6-9(21-13(14,15)16)4-5-11(8)20-2/h4-6H,3,7H2,1-2H3,(H,17,19). The summed E-state index contributed by atoms with van der Waals surface area (Å²) in [5, 5.41) is 2.31. The molecule has 5 nitrogen and oxygen atoms in total. The van der Waals surface area contributed by atoms with E-state index in [1.165, 1.54) is 20.1 Å². The van der Waals surface area contributed by atoms with Crippen molar-refractivity contribution >= 4 is 11.7 Å². The Bertz CT molecular complexity index is 529. The van der Waals surface area contributed by atoms with Gasteiger partial charge < -0.3 is 14.8 Å². The number of ketones is 1. The van der Waals surface area contributed by atoms with Crippen molar-refractivity contribution in [2.75, 3.05) is 7.11 Å². The first-order valence-corrected chi connectivity index (χ1v) is 6.00. The Labute approximate surface area is 119 Å². The van der Waals surface area contributed by atoms with Gasteiger partial charge in [0.1, 0.15) is 11.5 Å². The minimum Gasteiger partial charge on any atom is -0.496 e. The number of rotatable bonds is 6. The minimum absolute atomic E-state index is 0.0419. The van der Waals surface area contributed by atoms with Crippen LogP contribution < -0.4 is 14.8 Å². The number of Topliss-reactive ketones (excluding diaryl/α,β-unsaturated/α-hetero) is 1. The van der Waals surface area contributed by atoms with Gasteiger partial charge in [-0.05, 0) is 18.2 Å². The molecular weight excluding hydrogens is 291 g/mol. The molecule has 0 aromatic heterocycles. The second kappa shape index (κ2) is 6.96. The SMILES string of the molecule is CCC(=O)C(=O)NCc1cc(OC(F)(F)F)ccc1OC. The van der Waals surface area contributed by atoms with Crippen LogP contribution in [0.5, 0.6) is 11.5 Å². The third-order valence-electron chi connectivity index (χ3n) is 2.50. The van der Waals surface area contributed by atoms with Crippen molar-refractivity contribution in [2.45, 2.75) is 26.3 Å². The van der Waals surface area contributed by atoms with Gasteiger partial charge in [0.25, 0.3) is 5.91 Å². The van der Waals surface area contributed by atoms with E-state index in [2.05, 4.69) is 10.1 Å². The van der Waals surface area contributed by atoms with E-state index in [9.17, 15) is 22.8 Å². The van der Waals surface area contributed by atoms with Gasteiger partial charge in [-0.25, -0.2) is 0 Å². The third-order valence-corrected chi connectivity index (χ3v) is 2.50. The van der Waals surface area contributed by atoms with Crippen molar-refractivity contribution in [3.05, 3.63) is 23.8 Å². The number of carbonyl (C=O) groups excluding carboxylic acids is 2. The Hall–Kier alpha value is -2.25. The molecule has 0 saturated heterocycles. The number of methoxy groups -OCH3 is 1. The first-order valence-electron chi connectivity index (χ1n) is 6.00. The minimum atomic E-state index is -4.81. The molecule has 1 rings (SSSR count). The molecule has 8 heteroatoms. The molecule has 0 spiro atoms. The molecule has 1 aromatic rings. The van der Waals surface area contributed by atoms with Crippen molar-refractivity contribution in [3.8, 4) is 11.5 Å². The van der Waals surface area contributed by atoms with Crippen molar-refractivity contribution in [1.82, 2.24) is 5.32 Å². The summed E-state index contributed by atoms with van der Waals surface area (Å²) in [7, 11) is 1.34. The Morgan fingerprint density at radius 2 is 1.95 bits per heavy atom. The lowest BCUT2D eigenvalue weighted by molar-refractivity contribution is -0.274. The molecule has 0 aliphatic rings. The maximum absolute atomic E-state index is 12.2. The van der Waals surface area contributed by atoms with Gasteiger partial charge in [0, 0.05) is 18.5 Å². The van der Waals surface area contributed by atoms with E-state index < -0.39 is 23.8 Å². The number of nitrogens with one attached hydrogen (secondary N) is 1. The van der Waals surface area contributed by atoms with E-state index in [1.807, 2.05) is 0 Å². The fourth-order valence-corrected chi connectivity index (χ4v) is 1.52. The van der Waals surface area contributed by atoms with E-state index in [0.29, 0.717) is 0 Å². The van der Waals surface area contributed by atoms with Crippen LogP contribution in [0.3, 0.4) is 0 Å². The third kappa shape index (κ3) is 5.33. The van der Waals surface area contributed by atoms with Crippen LogP contribution in [0.4, 0.5) is 13.2 Å². The van der Waals surface area contributed by atoms with Crippen molar-refractivity contribution in [3.63, 3.8) is 0 Å². The fourth-order valence-electron chi connectivity index (χ4n) is 1.52. The lowest BCUT2D eigenvalue weighted by Gasteiger charge is -2.13. The molecule has 1 N–H and O–H groups in total. The lowest BCUT2D eigenvalue weighted by atomic mass is 10.2. The second-order valence-corrected chi connectivity index (χ2v) is 3.98. The number of amides is 1. The Kier molecular flexibility index (Phi) is 5.57. The van der Waals surface area contributed by atoms with Gasteiger partial charge >= 0.3 is 6.36 Å². The fraction of sp³-hybridized carbons (Fsp3) is 0.385. The molecule has 0 radical (unpaired) electrons. The molecule has 0 fully saturated rings. The van der Waals surface area contributed by atoms with Gasteiger partial charge in [-0.15, -0.1) is 13.2 Å². The highest BCUT2D eigenvalue weighted by atomic mass is 19.4. The summed E-state index contributed by atoms with van der Waals surface area (Å²) in [6.07, 6.45) is -4.77. The molecule has 0 aliphatic carbocycles. The number of benzene rings is 1. The molecule has 0 saturated carbocycles. The van der Waals surface area contributed by atoms with Crippen LogP contribution in [0, 0.1) is 0 Å². The van der Waals surface area contributed by atoms with Gasteiger partial charge in [-0.1, -0.05) is 6.92 Å². The molecule has 116 valence electrons. The topological polar surface area (TPSA) is 64.6 Å². The smallest absolute Gasteiger partial charge is 0.496 e. The van der Waals surface area contributed by atoms with E-state index in [1.54, 1.807) is 0 Å². The van der Waals surface area contributed by atoms with Crippen LogP contribution in [-0.4, -0.2) is 25.2 Å². The number of halogens is 3. The Balaban J connectivity index is 2.86. The van der Waals surface area contributed by atoms with Crippen LogP contribution in [0.1, 0.15) is 18.9 Å². The van der Waals surface area contributed by atoms with Crippen LogP contribution in [-0.2, 0) is 16.1 Å². The zero-order valence-electron chi connectivity index (χ0n) is 11.4. The molecule has 0 heterocycles. The monoisotopic (exact) mass is 305 g/mol. The second-order valence-electron chi connectivity index (χ2n) is 3.98. The highest BCUT2D eigenvalue weighted by molar-refractivity contribution is 6.36. The van der Waals surface area contributed by atoms with Crippen LogP contribution in [0.2, 0.25) is 0 Å². The number of hydrogen-bond acceptors (Lipinski definition) is 4. The quantitative estimate of drug-likeness (QED) is 0.818. The summed E-state index contributed by atoms with van der Waals surface area (Å²) < 4.78 is 45.2. The molecule has 0 aliphatic heterocycles. The summed E-state index contributed by atoms with van der Waals surface area (Å²) >= 11 is 0. The average Bonchev–Trinajstić information content (AvgIpc) is 2.42. The highest BCUT2D eigenvalue weighted by Gasteiger charge is 2.31. The number of carbonyl (C=O) groups is 2. The largest absolute Gasteiger partial charge is 0.573 e. The van der Waals surface area contributed by atoms with Gasteiger partial charge in [0.2, 0.25) is 5.78 Å². The number of ether oxygens (including phenoxy) is 2. The van der Waals surface area contributed by atoms with Crippen molar-refractivity contribution in [2.24, 2.45) is 0 Å². The lowest BCUT2D eigenvalue weighted by Crippen LogP contribution is -2.30. The predicted molar refractivity (Wildman–Crippen MR) is 66.8 cm³/mol. The Morgan fingerprint density at radius 3 is 2.48 bits per heavy atom. The van der Waals surface area contributed by atoms with Gasteiger partial charge in [-0.2, -0.15) is 0 Å². The Morgan fingerprint density at radius 1 is 1.29 bits per heavy atom. The highest BCUT2D eigenvalue weighted by Crippen LogP contribution is 2.28. The maximum atomic E-state index is 12.2. The van der Waals surface area contributed by atoms with Crippen molar-refractivity contribution < 1.29 is 32.2 Å². The number of alkyl halides is 3. The summed E-state index contributed by atoms with van der Waals surface area (Å²) in [5.41, 5.74) is 0.261. The van der Waals surface area contributed by atoms with Crippen LogP contribution in [0.25, 0.3) is 0 Å². The van der Waals surface area contributed by atoms with Crippen molar-refractivity contribution in [1.29, 1.82) is 0 Å². The van der Waals surface area contributed by atoms with E-state index in [4.69, 9.17) is 4.74 Å². The summed E-state index contributed by atoms with van der Waals surface area (Å²) in [6, 6.07) is 3.46. The van der Waals surface area contributed by atoms with Gasteiger partial charge in [0.15, 0.2) is 0 Å². The summed E-state index contributed by atoms with van der Waals surface area (Å²) in [5.74, 6) is -1.58. The van der Waals surface area contributed by atoms with E-state index in [-0.39, 0.29) is 24.3 Å². The predicted octanol–water partition coefficient (Wildman–Crippen LogP) is 2.19. The molecule has 1 aromatic carbocycles. The summed E-state index contributed by atoms with van der Waals surface area (Å²) in [6.45, 7) is 1.38. The van der Waals surface area contributed by atoms with E-state index >= 15 is 0 Å². The molecule has 21 heavy (non-hydrogen) atoms. The van der Waals surface area contributed by atoms with E-state index in [0.717, 1.165) is 12.1 Å². The maximum Gasteiger partial charge on any atom is 0.573 e. The zero-order chi connectivity index (χ0) is 16.0. The van der Waals surface area contributed by atoms with Crippen LogP contribution >= 0.6 is 0 Å². The molecule has 1 amide bonds. The number of hydrogen-bond donors (Lipinski definition) is 1. The zero-order valence-corrected chi connectivity index (χ0v) is 11.4. The first kappa shape index (κ1) is 16.8. The van der Waals surface area contributed by atoms with Gasteiger partial charge in [0.05, 0.1) is 7.11 Å². The normalized spacial score (nSPS) is 10.9. The average molecular weight is 305 g/mol.